The molecule has 2 aromatic rings. The molecule has 0 amide bonds. The van der Waals surface area contributed by atoms with Gasteiger partial charge in [-0.3, -0.25) is 0 Å². The van der Waals surface area contributed by atoms with Crippen LogP contribution in [-0.4, -0.2) is 15.4 Å². The first-order valence-corrected chi connectivity index (χ1v) is 8.78. The molecular formula is C18H27ClN2. The third-order valence-corrected chi connectivity index (χ3v) is 4.30. The van der Waals surface area contributed by atoms with E-state index in [2.05, 4.69) is 43.5 Å². The standard InChI is InChI=1S/C18H27ClN2/c1-4-6-8-15(7-5-2)21-17-13-14(3)9-10-16(17)20-18(21)11-12-19/h9-10,13,15H,4-8,11-12H2,1-3H3. The average Bonchev–Trinajstić information content (AvgIpc) is 2.81. The Bertz CT molecular complexity index is 574. The lowest BCUT2D eigenvalue weighted by Gasteiger charge is -2.21. The summed E-state index contributed by atoms with van der Waals surface area (Å²) >= 11 is 6.00. The molecule has 0 saturated carbocycles. The molecule has 0 aliphatic rings. The van der Waals surface area contributed by atoms with Gasteiger partial charge in [-0.2, -0.15) is 0 Å². The Morgan fingerprint density at radius 2 is 2.00 bits per heavy atom. The molecule has 21 heavy (non-hydrogen) atoms. The number of benzene rings is 1. The van der Waals surface area contributed by atoms with Gasteiger partial charge in [-0.25, -0.2) is 4.98 Å². The van der Waals surface area contributed by atoms with Gasteiger partial charge < -0.3 is 4.57 Å². The maximum Gasteiger partial charge on any atom is 0.111 e. The fraction of sp³-hybridized carbons (Fsp3) is 0.611. The Labute approximate surface area is 133 Å². The predicted molar refractivity (Wildman–Crippen MR) is 92.4 cm³/mol. The van der Waals surface area contributed by atoms with E-state index in [1.165, 1.54) is 43.2 Å². The summed E-state index contributed by atoms with van der Waals surface area (Å²) in [6, 6.07) is 7.11. The fourth-order valence-electron chi connectivity index (χ4n) is 3.10. The molecule has 0 aliphatic carbocycles. The third-order valence-electron chi connectivity index (χ3n) is 4.11. The van der Waals surface area contributed by atoms with Crippen molar-refractivity contribution in [2.75, 3.05) is 5.88 Å². The predicted octanol–water partition coefficient (Wildman–Crippen LogP) is 5.66. The molecule has 0 fully saturated rings. The van der Waals surface area contributed by atoms with Crippen molar-refractivity contribution < 1.29 is 0 Å². The van der Waals surface area contributed by atoms with Crippen LogP contribution in [0, 0.1) is 6.92 Å². The van der Waals surface area contributed by atoms with Gasteiger partial charge in [-0.05, 0) is 37.5 Å². The van der Waals surface area contributed by atoms with Crippen LogP contribution in [-0.2, 0) is 6.42 Å². The fourth-order valence-corrected chi connectivity index (χ4v) is 3.27. The van der Waals surface area contributed by atoms with Crippen LogP contribution in [0.15, 0.2) is 18.2 Å². The van der Waals surface area contributed by atoms with Crippen LogP contribution in [0.5, 0.6) is 0 Å². The molecule has 0 aliphatic heterocycles. The molecule has 2 rings (SSSR count). The second-order valence-electron chi connectivity index (χ2n) is 5.91. The van der Waals surface area contributed by atoms with Crippen molar-refractivity contribution >= 4 is 22.6 Å². The van der Waals surface area contributed by atoms with E-state index in [4.69, 9.17) is 16.6 Å². The number of alkyl halides is 1. The number of fused-ring (bicyclic) bond motifs is 1. The minimum absolute atomic E-state index is 0.556. The SMILES string of the molecule is CCCCC(CCC)n1c(CCCl)nc2ccc(C)cc21. The lowest BCUT2D eigenvalue weighted by Crippen LogP contribution is -2.13. The Morgan fingerprint density at radius 3 is 2.67 bits per heavy atom. The van der Waals surface area contributed by atoms with E-state index in [1.807, 2.05) is 0 Å². The highest BCUT2D eigenvalue weighted by molar-refractivity contribution is 6.17. The van der Waals surface area contributed by atoms with Gasteiger partial charge in [-0.15, -0.1) is 11.6 Å². The third kappa shape index (κ3) is 3.79. The minimum atomic E-state index is 0.556. The number of rotatable bonds is 8. The first kappa shape index (κ1) is 16.4. The summed E-state index contributed by atoms with van der Waals surface area (Å²) in [5.41, 5.74) is 3.69. The van der Waals surface area contributed by atoms with Crippen LogP contribution in [0.1, 0.15) is 63.4 Å². The second-order valence-corrected chi connectivity index (χ2v) is 6.29. The van der Waals surface area contributed by atoms with Crippen molar-refractivity contribution in [3.8, 4) is 0 Å². The molecule has 0 saturated heterocycles. The van der Waals surface area contributed by atoms with E-state index >= 15 is 0 Å². The number of aromatic nitrogens is 2. The van der Waals surface area contributed by atoms with Crippen LogP contribution in [0.2, 0.25) is 0 Å². The van der Waals surface area contributed by atoms with Crippen LogP contribution in [0.4, 0.5) is 0 Å². The van der Waals surface area contributed by atoms with E-state index in [-0.39, 0.29) is 0 Å². The highest BCUT2D eigenvalue weighted by Gasteiger charge is 2.18. The Balaban J connectivity index is 2.49. The molecule has 0 N–H and O–H groups in total. The summed E-state index contributed by atoms with van der Waals surface area (Å²) in [6.07, 6.45) is 7.03. The van der Waals surface area contributed by atoms with Crippen molar-refractivity contribution in [3.63, 3.8) is 0 Å². The molecule has 0 spiro atoms. The number of aryl methyl sites for hydroxylation is 2. The highest BCUT2D eigenvalue weighted by Crippen LogP contribution is 2.29. The van der Waals surface area contributed by atoms with Gasteiger partial charge in [-0.1, -0.05) is 39.2 Å². The molecule has 116 valence electrons. The maximum atomic E-state index is 6.00. The lowest BCUT2D eigenvalue weighted by atomic mass is 10.0. The molecule has 1 heterocycles. The van der Waals surface area contributed by atoms with Crippen molar-refractivity contribution in [1.29, 1.82) is 0 Å². The van der Waals surface area contributed by atoms with Gasteiger partial charge in [0.1, 0.15) is 5.82 Å². The van der Waals surface area contributed by atoms with Gasteiger partial charge in [0.2, 0.25) is 0 Å². The smallest absolute Gasteiger partial charge is 0.111 e. The van der Waals surface area contributed by atoms with Crippen LogP contribution >= 0.6 is 11.6 Å². The minimum Gasteiger partial charge on any atom is -0.325 e. The number of imidazole rings is 1. The molecule has 1 aromatic heterocycles. The molecule has 1 unspecified atom stereocenters. The number of hydrogen-bond acceptors (Lipinski definition) is 1. The van der Waals surface area contributed by atoms with Crippen LogP contribution in [0.3, 0.4) is 0 Å². The molecule has 3 heteroatoms. The molecule has 1 aromatic carbocycles. The number of hydrogen-bond donors (Lipinski definition) is 0. The van der Waals surface area contributed by atoms with Gasteiger partial charge in [0.15, 0.2) is 0 Å². The number of halogens is 1. The topological polar surface area (TPSA) is 17.8 Å². The van der Waals surface area contributed by atoms with Crippen molar-refractivity contribution in [1.82, 2.24) is 9.55 Å². The Morgan fingerprint density at radius 1 is 1.19 bits per heavy atom. The van der Waals surface area contributed by atoms with Gasteiger partial charge in [0, 0.05) is 18.3 Å². The van der Waals surface area contributed by atoms with E-state index in [0.717, 1.165) is 17.8 Å². The summed E-state index contributed by atoms with van der Waals surface area (Å²) in [5, 5.41) is 0. The quantitative estimate of drug-likeness (QED) is 0.576. The molecule has 0 radical (unpaired) electrons. The Kier molecular flexibility index (Phi) is 6.10. The molecule has 1 atom stereocenters. The lowest BCUT2D eigenvalue weighted by molar-refractivity contribution is 0.415. The second kappa shape index (κ2) is 7.84. The van der Waals surface area contributed by atoms with E-state index < -0.39 is 0 Å². The monoisotopic (exact) mass is 306 g/mol. The maximum absolute atomic E-state index is 6.00. The summed E-state index contributed by atoms with van der Waals surface area (Å²) < 4.78 is 2.48. The van der Waals surface area contributed by atoms with Crippen molar-refractivity contribution in [2.45, 2.75) is 65.3 Å². The zero-order valence-electron chi connectivity index (χ0n) is 13.5. The molecule has 2 nitrogen and oxygen atoms in total. The normalized spacial score (nSPS) is 13.0. The van der Waals surface area contributed by atoms with Gasteiger partial charge in [0.25, 0.3) is 0 Å². The molecular weight excluding hydrogens is 280 g/mol. The summed E-state index contributed by atoms with van der Waals surface area (Å²) in [4.78, 5) is 4.83. The van der Waals surface area contributed by atoms with Gasteiger partial charge >= 0.3 is 0 Å². The summed E-state index contributed by atoms with van der Waals surface area (Å²) in [7, 11) is 0. The Hall–Kier alpha value is -1.02. The zero-order chi connectivity index (χ0) is 15.2. The van der Waals surface area contributed by atoms with Gasteiger partial charge in [0.05, 0.1) is 11.0 Å². The first-order valence-electron chi connectivity index (χ1n) is 8.24. The zero-order valence-corrected chi connectivity index (χ0v) is 14.3. The van der Waals surface area contributed by atoms with E-state index in [1.54, 1.807) is 0 Å². The first-order chi connectivity index (χ1) is 10.2. The molecule has 0 bridgehead atoms. The van der Waals surface area contributed by atoms with Crippen molar-refractivity contribution in [2.24, 2.45) is 0 Å². The average molecular weight is 307 g/mol. The van der Waals surface area contributed by atoms with E-state index in [9.17, 15) is 0 Å². The summed E-state index contributed by atoms with van der Waals surface area (Å²) in [6.45, 7) is 6.68. The van der Waals surface area contributed by atoms with Crippen LogP contribution in [0.25, 0.3) is 11.0 Å². The van der Waals surface area contributed by atoms with Crippen LogP contribution < -0.4 is 0 Å². The largest absolute Gasteiger partial charge is 0.325 e. The highest BCUT2D eigenvalue weighted by atomic mass is 35.5. The number of unbranched alkanes of at least 4 members (excludes halogenated alkanes) is 1. The van der Waals surface area contributed by atoms with Crippen molar-refractivity contribution in [3.05, 3.63) is 29.6 Å². The number of nitrogens with zero attached hydrogens (tertiary/aromatic N) is 2. The van der Waals surface area contributed by atoms with E-state index in [0.29, 0.717) is 11.9 Å². The summed E-state index contributed by atoms with van der Waals surface area (Å²) in [5.74, 6) is 1.79.